The van der Waals surface area contributed by atoms with Crippen LogP contribution in [0.1, 0.15) is 104 Å². The van der Waals surface area contributed by atoms with E-state index in [-0.39, 0.29) is 0 Å². The van der Waals surface area contributed by atoms with Gasteiger partial charge >= 0.3 is 0 Å². The topological polar surface area (TPSA) is 24.1 Å². The maximum atomic E-state index is 3.84. The van der Waals surface area contributed by atoms with Gasteiger partial charge in [0.25, 0.3) is 0 Å². The van der Waals surface area contributed by atoms with Crippen molar-refractivity contribution in [2.45, 2.75) is 110 Å². The van der Waals surface area contributed by atoms with E-state index in [2.05, 4.69) is 24.5 Å². The first-order valence-electron chi connectivity index (χ1n) is 12.3. The lowest BCUT2D eigenvalue weighted by Gasteiger charge is -2.42. The third kappa shape index (κ3) is 5.96. The van der Waals surface area contributed by atoms with Crippen molar-refractivity contribution in [1.29, 1.82) is 0 Å². The van der Waals surface area contributed by atoms with Crippen molar-refractivity contribution in [3.63, 3.8) is 0 Å². The second-order valence-electron chi connectivity index (χ2n) is 9.90. The first-order valence-corrected chi connectivity index (χ1v) is 12.3. The molecule has 0 bridgehead atoms. The number of nitrogens with one attached hydrogen (secondary N) is 2. The lowest BCUT2D eigenvalue weighted by Crippen LogP contribution is -2.56. The van der Waals surface area contributed by atoms with E-state index in [1.807, 2.05) is 0 Å². The molecule has 3 aliphatic rings. The van der Waals surface area contributed by atoms with Crippen LogP contribution in [0.2, 0.25) is 0 Å². The zero-order valence-corrected chi connectivity index (χ0v) is 17.8. The summed E-state index contributed by atoms with van der Waals surface area (Å²) in [6.45, 7) is 7.13. The Morgan fingerprint density at radius 2 is 1.15 bits per heavy atom. The molecule has 2 N–H and O–H groups in total. The van der Waals surface area contributed by atoms with Gasteiger partial charge < -0.3 is 10.6 Å². The zero-order chi connectivity index (χ0) is 18.2. The molecule has 26 heavy (non-hydrogen) atoms. The molecule has 0 aromatic carbocycles. The molecule has 0 unspecified atom stereocenters. The van der Waals surface area contributed by atoms with E-state index >= 15 is 0 Å². The normalized spacial score (nSPS) is 39.0. The van der Waals surface area contributed by atoms with Gasteiger partial charge in [-0.15, -0.1) is 0 Å². The quantitative estimate of drug-likeness (QED) is 0.509. The maximum Gasteiger partial charge on any atom is 0.0600 e. The molecule has 152 valence electrons. The molecule has 1 aliphatic heterocycles. The SMILES string of the molecule is CCCCCC1CCC(C2CCC(C3NCC(CCC)CN3)CC2)CC1. The second-order valence-corrected chi connectivity index (χ2v) is 9.90. The lowest BCUT2D eigenvalue weighted by molar-refractivity contribution is 0.112. The molecule has 2 aliphatic carbocycles. The molecule has 2 saturated carbocycles. The largest absolute Gasteiger partial charge is 0.301 e. The smallest absolute Gasteiger partial charge is 0.0600 e. The minimum atomic E-state index is 0.610. The van der Waals surface area contributed by atoms with Gasteiger partial charge in [-0.05, 0) is 74.5 Å². The average Bonchev–Trinajstić information content (AvgIpc) is 2.70. The standard InChI is InChI=1S/C24H46N2/c1-3-5-6-8-19-9-11-21(12-10-19)22-13-15-23(16-14-22)24-25-17-20(7-4-2)18-26-24/h19-26H,3-18H2,1-2H3. The Balaban J connectivity index is 1.32. The summed E-state index contributed by atoms with van der Waals surface area (Å²) in [4.78, 5) is 0. The summed E-state index contributed by atoms with van der Waals surface area (Å²) < 4.78 is 0. The van der Waals surface area contributed by atoms with Crippen molar-refractivity contribution in [2.75, 3.05) is 13.1 Å². The van der Waals surface area contributed by atoms with Gasteiger partial charge in [0.1, 0.15) is 0 Å². The van der Waals surface area contributed by atoms with Crippen LogP contribution in [-0.4, -0.2) is 19.3 Å². The maximum absolute atomic E-state index is 3.84. The summed E-state index contributed by atoms with van der Waals surface area (Å²) in [6.07, 6.45) is 21.3. The predicted molar refractivity (Wildman–Crippen MR) is 113 cm³/mol. The molecular formula is C24H46N2. The van der Waals surface area contributed by atoms with Crippen LogP contribution in [0.4, 0.5) is 0 Å². The van der Waals surface area contributed by atoms with Crippen LogP contribution < -0.4 is 10.6 Å². The van der Waals surface area contributed by atoms with Crippen LogP contribution in [0.3, 0.4) is 0 Å². The minimum absolute atomic E-state index is 0.610. The molecule has 0 spiro atoms. The number of rotatable bonds is 8. The molecule has 0 aromatic heterocycles. The van der Waals surface area contributed by atoms with Gasteiger partial charge in [-0.2, -0.15) is 0 Å². The Hall–Kier alpha value is -0.0800. The molecule has 0 radical (unpaired) electrons. The highest BCUT2D eigenvalue weighted by molar-refractivity contribution is 4.88. The molecular weight excluding hydrogens is 316 g/mol. The van der Waals surface area contributed by atoms with Gasteiger partial charge in [-0.3, -0.25) is 0 Å². The Bertz CT molecular complexity index is 358. The highest BCUT2D eigenvalue weighted by Gasteiger charge is 2.34. The fourth-order valence-corrected chi connectivity index (χ4v) is 6.26. The Kier molecular flexibility index (Phi) is 8.78. The number of hydrogen-bond acceptors (Lipinski definition) is 2. The second kappa shape index (κ2) is 11.1. The third-order valence-corrected chi connectivity index (χ3v) is 8.01. The van der Waals surface area contributed by atoms with Crippen LogP contribution in [0.5, 0.6) is 0 Å². The van der Waals surface area contributed by atoms with Gasteiger partial charge in [0, 0.05) is 13.1 Å². The first kappa shape index (κ1) is 20.6. The van der Waals surface area contributed by atoms with Crippen LogP contribution in [-0.2, 0) is 0 Å². The van der Waals surface area contributed by atoms with E-state index in [9.17, 15) is 0 Å². The molecule has 2 nitrogen and oxygen atoms in total. The minimum Gasteiger partial charge on any atom is -0.301 e. The summed E-state index contributed by atoms with van der Waals surface area (Å²) in [5.41, 5.74) is 0. The van der Waals surface area contributed by atoms with Crippen molar-refractivity contribution in [3.05, 3.63) is 0 Å². The molecule has 3 fully saturated rings. The van der Waals surface area contributed by atoms with Crippen molar-refractivity contribution in [3.8, 4) is 0 Å². The van der Waals surface area contributed by atoms with Gasteiger partial charge in [0.15, 0.2) is 0 Å². The van der Waals surface area contributed by atoms with Gasteiger partial charge in [0.2, 0.25) is 0 Å². The van der Waals surface area contributed by atoms with E-state index in [4.69, 9.17) is 0 Å². The fraction of sp³-hybridized carbons (Fsp3) is 1.00. The zero-order valence-electron chi connectivity index (χ0n) is 17.8. The van der Waals surface area contributed by atoms with Crippen molar-refractivity contribution in [2.24, 2.45) is 29.6 Å². The summed E-state index contributed by atoms with van der Waals surface area (Å²) in [5, 5.41) is 7.67. The highest BCUT2D eigenvalue weighted by atomic mass is 15.2. The Labute approximate surface area is 163 Å². The van der Waals surface area contributed by atoms with Gasteiger partial charge in [-0.1, -0.05) is 58.8 Å². The van der Waals surface area contributed by atoms with Crippen LogP contribution in [0.15, 0.2) is 0 Å². The van der Waals surface area contributed by atoms with Crippen LogP contribution in [0, 0.1) is 29.6 Å². The molecule has 2 heteroatoms. The average molecular weight is 363 g/mol. The van der Waals surface area contributed by atoms with E-state index in [1.54, 1.807) is 25.7 Å². The van der Waals surface area contributed by atoms with Gasteiger partial charge in [-0.25, -0.2) is 0 Å². The van der Waals surface area contributed by atoms with E-state index in [1.165, 1.54) is 77.3 Å². The third-order valence-electron chi connectivity index (χ3n) is 8.01. The Morgan fingerprint density at radius 3 is 1.73 bits per heavy atom. The summed E-state index contributed by atoms with van der Waals surface area (Å²) in [6, 6.07) is 0. The molecule has 0 aromatic rings. The van der Waals surface area contributed by atoms with Crippen molar-refractivity contribution < 1.29 is 0 Å². The van der Waals surface area contributed by atoms with Crippen LogP contribution in [0.25, 0.3) is 0 Å². The summed E-state index contributed by atoms with van der Waals surface area (Å²) in [5.74, 6) is 4.94. The lowest BCUT2D eigenvalue weighted by atomic mass is 9.68. The molecule has 1 heterocycles. The molecule has 1 saturated heterocycles. The number of unbranched alkanes of at least 4 members (excludes halogenated alkanes) is 2. The monoisotopic (exact) mass is 362 g/mol. The van der Waals surface area contributed by atoms with E-state index in [0.29, 0.717) is 6.17 Å². The molecule has 0 amide bonds. The number of hydrogen-bond donors (Lipinski definition) is 2. The summed E-state index contributed by atoms with van der Waals surface area (Å²) in [7, 11) is 0. The van der Waals surface area contributed by atoms with Crippen LogP contribution >= 0.6 is 0 Å². The molecule has 0 atom stereocenters. The molecule has 3 rings (SSSR count). The van der Waals surface area contributed by atoms with Crippen molar-refractivity contribution >= 4 is 0 Å². The fourth-order valence-electron chi connectivity index (χ4n) is 6.26. The van der Waals surface area contributed by atoms with E-state index < -0.39 is 0 Å². The highest BCUT2D eigenvalue weighted by Crippen LogP contribution is 2.42. The Morgan fingerprint density at radius 1 is 0.577 bits per heavy atom. The first-order chi connectivity index (χ1) is 12.8. The van der Waals surface area contributed by atoms with E-state index in [0.717, 1.165) is 29.6 Å². The predicted octanol–water partition coefficient (Wildman–Crippen LogP) is 6.11. The van der Waals surface area contributed by atoms with Gasteiger partial charge in [0.05, 0.1) is 6.17 Å². The summed E-state index contributed by atoms with van der Waals surface area (Å²) >= 11 is 0. The van der Waals surface area contributed by atoms with Crippen molar-refractivity contribution in [1.82, 2.24) is 10.6 Å².